The monoisotopic (exact) mass is 308 g/mol. The summed E-state index contributed by atoms with van der Waals surface area (Å²) in [6, 6.07) is 10.5. The lowest BCUT2D eigenvalue weighted by molar-refractivity contribution is -0.130. The highest BCUT2D eigenvalue weighted by atomic mass is 16.2. The van der Waals surface area contributed by atoms with E-state index in [9.17, 15) is 9.59 Å². The van der Waals surface area contributed by atoms with Gasteiger partial charge in [-0.2, -0.15) is 5.26 Å². The Morgan fingerprint density at radius 3 is 2.91 bits per heavy atom. The first-order valence-electron chi connectivity index (χ1n) is 7.47. The first kappa shape index (κ1) is 15.0. The van der Waals surface area contributed by atoms with Crippen molar-refractivity contribution in [1.82, 2.24) is 9.88 Å². The van der Waals surface area contributed by atoms with Crippen LogP contribution >= 0.6 is 0 Å². The van der Waals surface area contributed by atoms with Crippen molar-refractivity contribution in [3.63, 3.8) is 0 Å². The number of carbonyl (C=O) groups excluding carboxylic acids is 2. The van der Waals surface area contributed by atoms with E-state index in [1.807, 2.05) is 12.1 Å². The number of primary amides is 1. The third-order valence-electron chi connectivity index (χ3n) is 4.09. The maximum Gasteiger partial charge on any atom is 0.249 e. The minimum Gasteiger partial charge on any atom is -0.366 e. The summed E-state index contributed by atoms with van der Waals surface area (Å²) in [4.78, 5) is 30.1. The summed E-state index contributed by atoms with van der Waals surface area (Å²) in [5, 5.41) is 9.76. The molecule has 1 aliphatic rings. The summed E-state index contributed by atoms with van der Waals surface area (Å²) >= 11 is 0. The zero-order valence-corrected chi connectivity index (χ0v) is 12.5. The van der Waals surface area contributed by atoms with Crippen LogP contribution in [0, 0.1) is 11.3 Å². The maximum absolute atomic E-state index is 12.4. The van der Waals surface area contributed by atoms with Crippen LogP contribution in [-0.4, -0.2) is 34.3 Å². The van der Waals surface area contributed by atoms with E-state index >= 15 is 0 Å². The molecule has 116 valence electrons. The molecule has 2 N–H and O–H groups in total. The van der Waals surface area contributed by atoms with Crippen molar-refractivity contribution < 1.29 is 9.59 Å². The topological polar surface area (TPSA) is 100 Å². The number of pyridine rings is 1. The Morgan fingerprint density at radius 1 is 1.39 bits per heavy atom. The summed E-state index contributed by atoms with van der Waals surface area (Å²) in [7, 11) is 0. The van der Waals surface area contributed by atoms with Crippen LogP contribution in [-0.2, 0) is 11.2 Å². The van der Waals surface area contributed by atoms with E-state index in [2.05, 4.69) is 11.1 Å². The standard InChI is InChI=1S/C17H16N4O2/c18-10-12-4-3-7-21(12)16(22)9-11-8-14(17(19)23)13-5-1-2-6-15(13)20-11/h1-2,5-6,8,12H,3-4,7,9H2,(H2,19,23). The van der Waals surface area contributed by atoms with E-state index in [0.29, 0.717) is 35.1 Å². The highest BCUT2D eigenvalue weighted by molar-refractivity contribution is 6.05. The average molecular weight is 308 g/mol. The number of aromatic nitrogens is 1. The minimum absolute atomic E-state index is 0.0588. The summed E-state index contributed by atoms with van der Waals surface area (Å²) in [6.07, 6.45) is 1.60. The fraction of sp³-hybridized carbons (Fsp3) is 0.294. The molecular weight excluding hydrogens is 292 g/mol. The highest BCUT2D eigenvalue weighted by Crippen LogP contribution is 2.21. The van der Waals surface area contributed by atoms with Gasteiger partial charge in [0.15, 0.2) is 0 Å². The molecule has 6 nitrogen and oxygen atoms in total. The Kier molecular flexibility index (Phi) is 3.94. The molecule has 1 unspecified atom stereocenters. The SMILES string of the molecule is N#CC1CCCN1C(=O)Cc1cc(C(N)=O)c2ccccc2n1. The predicted molar refractivity (Wildman–Crippen MR) is 84.3 cm³/mol. The van der Waals surface area contributed by atoms with E-state index in [0.717, 1.165) is 6.42 Å². The number of nitrogens with zero attached hydrogens (tertiary/aromatic N) is 3. The van der Waals surface area contributed by atoms with E-state index in [-0.39, 0.29) is 18.4 Å². The Morgan fingerprint density at radius 2 is 2.17 bits per heavy atom. The molecule has 0 spiro atoms. The molecule has 3 rings (SSSR count). The summed E-state index contributed by atoms with van der Waals surface area (Å²) in [6.45, 7) is 0.591. The zero-order chi connectivity index (χ0) is 16.4. The fourth-order valence-corrected chi connectivity index (χ4v) is 2.98. The second-order valence-electron chi connectivity index (χ2n) is 5.59. The van der Waals surface area contributed by atoms with Crippen LogP contribution in [0.15, 0.2) is 30.3 Å². The number of benzene rings is 1. The Hall–Kier alpha value is -2.94. The Balaban J connectivity index is 1.93. The van der Waals surface area contributed by atoms with Crippen molar-refractivity contribution in [3.8, 4) is 6.07 Å². The number of carbonyl (C=O) groups is 2. The lowest BCUT2D eigenvalue weighted by Crippen LogP contribution is -2.35. The third-order valence-corrected chi connectivity index (χ3v) is 4.09. The van der Waals surface area contributed by atoms with Crippen LogP contribution in [0.1, 0.15) is 28.9 Å². The maximum atomic E-state index is 12.4. The van der Waals surface area contributed by atoms with Gasteiger partial charge in [-0.1, -0.05) is 18.2 Å². The van der Waals surface area contributed by atoms with Gasteiger partial charge in [0.2, 0.25) is 11.8 Å². The lowest BCUT2D eigenvalue weighted by Gasteiger charge is -2.19. The van der Waals surface area contributed by atoms with Gasteiger partial charge in [-0.05, 0) is 25.0 Å². The molecule has 1 atom stereocenters. The van der Waals surface area contributed by atoms with E-state index in [4.69, 9.17) is 11.0 Å². The van der Waals surface area contributed by atoms with Gasteiger partial charge in [-0.3, -0.25) is 14.6 Å². The van der Waals surface area contributed by atoms with E-state index in [1.165, 1.54) is 0 Å². The van der Waals surface area contributed by atoms with Gasteiger partial charge in [-0.25, -0.2) is 0 Å². The first-order chi connectivity index (χ1) is 11.1. The second kappa shape index (κ2) is 6.05. The van der Waals surface area contributed by atoms with Crippen LogP contribution < -0.4 is 5.73 Å². The van der Waals surface area contributed by atoms with Crippen molar-refractivity contribution in [3.05, 3.63) is 41.6 Å². The summed E-state index contributed by atoms with van der Waals surface area (Å²) in [5.41, 5.74) is 6.92. The highest BCUT2D eigenvalue weighted by Gasteiger charge is 2.28. The van der Waals surface area contributed by atoms with E-state index in [1.54, 1.807) is 23.1 Å². The first-order valence-corrected chi connectivity index (χ1v) is 7.47. The number of hydrogen-bond acceptors (Lipinski definition) is 4. The third kappa shape index (κ3) is 2.86. The second-order valence-corrected chi connectivity index (χ2v) is 5.59. The molecule has 1 fully saturated rings. The molecule has 2 amide bonds. The fourth-order valence-electron chi connectivity index (χ4n) is 2.98. The van der Waals surface area contributed by atoms with Crippen molar-refractivity contribution >= 4 is 22.7 Å². The number of likely N-dealkylation sites (tertiary alicyclic amines) is 1. The van der Waals surface area contributed by atoms with Gasteiger partial charge < -0.3 is 10.6 Å². The Labute approximate surface area is 133 Å². The number of fused-ring (bicyclic) bond motifs is 1. The molecule has 1 aliphatic heterocycles. The molecule has 23 heavy (non-hydrogen) atoms. The van der Waals surface area contributed by atoms with E-state index < -0.39 is 5.91 Å². The van der Waals surface area contributed by atoms with Gasteiger partial charge in [-0.15, -0.1) is 0 Å². The van der Waals surface area contributed by atoms with Gasteiger partial charge in [0.25, 0.3) is 0 Å². The minimum atomic E-state index is -0.548. The predicted octanol–water partition coefficient (Wildman–Crippen LogP) is 1.39. The van der Waals surface area contributed by atoms with Crippen molar-refractivity contribution in [2.75, 3.05) is 6.54 Å². The van der Waals surface area contributed by atoms with Crippen LogP contribution in [0.2, 0.25) is 0 Å². The number of hydrogen-bond donors (Lipinski definition) is 1. The number of amides is 2. The normalized spacial score (nSPS) is 17.2. The molecule has 0 saturated carbocycles. The number of para-hydroxylation sites is 1. The molecule has 0 bridgehead atoms. The van der Waals surface area contributed by atoms with Gasteiger partial charge in [0.1, 0.15) is 6.04 Å². The molecule has 0 radical (unpaired) electrons. The molecule has 2 aromatic rings. The molecule has 1 aromatic carbocycles. The molecule has 6 heteroatoms. The Bertz CT molecular complexity index is 825. The summed E-state index contributed by atoms with van der Waals surface area (Å²) < 4.78 is 0. The molecule has 1 saturated heterocycles. The smallest absolute Gasteiger partial charge is 0.249 e. The number of rotatable bonds is 3. The van der Waals surface area contributed by atoms with Crippen molar-refractivity contribution in [2.45, 2.75) is 25.3 Å². The van der Waals surface area contributed by atoms with Gasteiger partial charge >= 0.3 is 0 Å². The largest absolute Gasteiger partial charge is 0.366 e. The van der Waals surface area contributed by atoms with Crippen LogP contribution in [0.3, 0.4) is 0 Å². The van der Waals surface area contributed by atoms with Crippen LogP contribution in [0.4, 0.5) is 0 Å². The quantitative estimate of drug-likeness (QED) is 0.926. The van der Waals surface area contributed by atoms with Crippen LogP contribution in [0.5, 0.6) is 0 Å². The number of nitriles is 1. The molecular formula is C17H16N4O2. The lowest BCUT2D eigenvalue weighted by atomic mass is 10.1. The zero-order valence-electron chi connectivity index (χ0n) is 12.5. The van der Waals surface area contributed by atoms with Gasteiger partial charge in [0.05, 0.1) is 29.3 Å². The van der Waals surface area contributed by atoms with Crippen LogP contribution in [0.25, 0.3) is 10.9 Å². The summed E-state index contributed by atoms with van der Waals surface area (Å²) in [5.74, 6) is -0.694. The van der Waals surface area contributed by atoms with Crippen molar-refractivity contribution in [2.24, 2.45) is 5.73 Å². The van der Waals surface area contributed by atoms with Gasteiger partial charge in [0, 0.05) is 11.9 Å². The molecule has 1 aromatic heterocycles. The number of nitrogens with two attached hydrogens (primary N) is 1. The molecule has 2 heterocycles. The average Bonchev–Trinajstić information content (AvgIpc) is 3.02. The van der Waals surface area contributed by atoms with Crippen molar-refractivity contribution in [1.29, 1.82) is 5.26 Å². The molecule has 0 aliphatic carbocycles.